The summed E-state index contributed by atoms with van der Waals surface area (Å²) >= 11 is 0. The summed E-state index contributed by atoms with van der Waals surface area (Å²) in [7, 11) is -2.12. The largest absolute Gasteiger partial charge is 0.467 e. The number of carbonyl (C=O) groups is 1. The van der Waals surface area contributed by atoms with Gasteiger partial charge in [-0.3, -0.25) is 0 Å². The van der Waals surface area contributed by atoms with Crippen LogP contribution in [0.4, 0.5) is 0 Å². The predicted octanol–water partition coefficient (Wildman–Crippen LogP) is 0.471. The van der Waals surface area contributed by atoms with Crippen LogP contribution in [0, 0.1) is 0 Å². The Bertz CT molecular complexity index is 513. The van der Waals surface area contributed by atoms with Gasteiger partial charge in [0.25, 0.3) is 0 Å². The van der Waals surface area contributed by atoms with Gasteiger partial charge in [0, 0.05) is 6.26 Å². The van der Waals surface area contributed by atoms with E-state index in [-0.39, 0.29) is 10.5 Å². The Morgan fingerprint density at radius 3 is 2.12 bits per heavy atom. The smallest absolute Gasteiger partial charge is 0.342 e. The van der Waals surface area contributed by atoms with Gasteiger partial charge in [-0.05, 0) is 24.6 Å². The molecule has 0 aliphatic rings. The molecule has 5 nitrogen and oxygen atoms in total. The van der Waals surface area contributed by atoms with Crippen LogP contribution in [0.1, 0.15) is 12.5 Å². The third-order valence-corrected chi connectivity index (χ3v) is 3.56. The quantitative estimate of drug-likeness (QED) is 0.797. The fraction of sp³-hybridized carbons (Fsp3) is 0.364. The molecule has 1 aromatic rings. The minimum Gasteiger partial charge on any atom is -0.467 e. The molecule has 0 saturated carbocycles. The molecule has 0 aromatic heterocycles. The first-order valence-electron chi connectivity index (χ1n) is 4.81. The molecule has 17 heavy (non-hydrogen) atoms. The molecule has 0 aliphatic carbocycles. The maximum absolute atomic E-state index is 11.3. The van der Waals surface area contributed by atoms with E-state index in [2.05, 4.69) is 4.74 Å². The minimum atomic E-state index is -3.29. The highest BCUT2D eigenvalue weighted by Crippen LogP contribution is 2.23. The monoisotopic (exact) mass is 258 g/mol. The van der Waals surface area contributed by atoms with Crippen molar-refractivity contribution in [3.63, 3.8) is 0 Å². The molecular formula is C11H14O5S. The van der Waals surface area contributed by atoms with E-state index < -0.39 is 21.4 Å². The Kier molecular flexibility index (Phi) is 3.59. The van der Waals surface area contributed by atoms with E-state index in [0.29, 0.717) is 0 Å². The normalized spacial score (nSPS) is 15.1. The summed E-state index contributed by atoms with van der Waals surface area (Å²) in [6.45, 7) is 1.29. The molecule has 0 aliphatic heterocycles. The highest BCUT2D eigenvalue weighted by Gasteiger charge is 2.33. The van der Waals surface area contributed by atoms with Gasteiger partial charge in [0.05, 0.1) is 12.0 Å². The number of hydrogen-bond donors (Lipinski definition) is 1. The lowest BCUT2D eigenvalue weighted by Gasteiger charge is -2.20. The number of sulfone groups is 1. The third-order valence-electron chi connectivity index (χ3n) is 2.43. The lowest BCUT2D eigenvalue weighted by atomic mass is 9.96. The van der Waals surface area contributed by atoms with E-state index in [4.69, 9.17) is 0 Å². The molecule has 1 N–H and O–H groups in total. The van der Waals surface area contributed by atoms with Gasteiger partial charge in [-0.1, -0.05) is 12.1 Å². The number of aliphatic hydroxyl groups is 1. The molecule has 6 heteroatoms. The SMILES string of the molecule is COC(=O)C(C)(O)c1ccc(S(C)(=O)=O)cc1. The van der Waals surface area contributed by atoms with Crippen molar-refractivity contribution in [1.29, 1.82) is 0 Å². The van der Waals surface area contributed by atoms with Crippen LogP contribution in [0.2, 0.25) is 0 Å². The van der Waals surface area contributed by atoms with E-state index in [1.807, 2.05) is 0 Å². The second-order valence-electron chi connectivity index (χ2n) is 3.86. The van der Waals surface area contributed by atoms with Crippen molar-refractivity contribution < 1.29 is 23.1 Å². The van der Waals surface area contributed by atoms with Crippen molar-refractivity contribution in [2.75, 3.05) is 13.4 Å². The zero-order chi connectivity index (χ0) is 13.3. The summed E-state index contributed by atoms with van der Waals surface area (Å²) in [5, 5.41) is 9.92. The highest BCUT2D eigenvalue weighted by molar-refractivity contribution is 7.90. The Morgan fingerprint density at radius 2 is 1.76 bits per heavy atom. The molecule has 0 amide bonds. The minimum absolute atomic E-state index is 0.127. The maximum Gasteiger partial charge on any atom is 0.342 e. The first kappa shape index (κ1) is 13.7. The van der Waals surface area contributed by atoms with Gasteiger partial charge in [-0.15, -0.1) is 0 Å². The summed E-state index contributed by atoms with van der Waals surface area (Å²) in [6, 6.07) is 5.44. The molecule has 94 valence electrons. The van der Waals surface area contributed by atoms with E-state index in [1.165, 1.54) is 38.3 Å². The fourth-order valence-electron chi connectivity index (χ4n) is 1.34. The summed E-state index contributed by atoms with van der Waals surface area (Å²) < 4.78 is 26.9. The van der Waals surface area contributed by atoms with Gasteiger partial charge < -0.3 is 9.84 Å². The number of rotatable bonds is 3. The Balaban J connectivity index is 3.16. The highest BCUT2D eigenvalue weighted by atomic mass is 32.2. The lowest BCUT2D eigenvalue weighted by Crippen LogP contribution is -2.33. The molecule has 0 saturated heterocycles. The van der Waals surface area contributed by atoms with Crippen LogP contribution in [0.5, 0.6) is 0 Å². The van der Waals surface area contributed by atoms with Crippen molar-refractivity contribution in [2.24, 2.45) is 0 Å². The number of methoxy groups -OCH3 is 1. The van der Waals surface area contributed by atoms with Crippen LogP contribution in [0.15, 0.2) is 29.2 Å². The van der Waals surface area contributed by atoms with Crippen molar-refractivity contribution in [3.8, 4) is 0 Å². The topological polar surface area (TPSA) is 80.7 Å². The van der Waals surface area contributed by atoms with Crippen molar-refractivity contribution >= 4 is 15.8 Å². The summed E-state index contributed by atoms with van der Waals surface area (Å²) in [6.07, 6.45) is 1.08. The second-order valence-corrected chi connectivity index (χ2v) is 5.88. The van der Waals surface area contributed by atoms with Crippen molar-refractivity contribution in [1.82, 2.24) is 0 Å². The molecule has 0 fully saturated rings. The van der Waals surface area contributed by atoms with Gasteiger partial charge in [0.1, 0.15) is 0 Å². The molecule has 0 radical (unpaired) electrons. The number of ether oxygens (including phenoxy) is 1. The van der Waals surface area contributed by atoms with E-state index in [1.54, 1.807) is 0 Å². The Labute approximate surface area is 100.0 Å². The van der Waals surface area contributed by atoms with Gasteiger partial charge in [-0.2, -0.15) is 0 Å². The van der Waals surface area contributed by atoms with Crippen LogP contribution in [0.3, 0.4) is 0 Å². The molecule has 0 spiro atoms. The molecule has 1 atom stereocenters. The Morgan fingerprint density at radius 1 is 1.29 bits per heavy atom. The van der Waals surface area contributed by atoms with Crippen molar-refractivity contribution in [2.45, 2.75) is 17.4 Å². The number of benzene rings is 1. The first-order chi connectivity index (χ1) is 7.69. The predicted molar refractivity (Wildman–Crippen MR) is 61.1 cm³/mol. The van der Waals surface area contributed by atoms with Gasteiger partial charge in [0.2, 0.25) is 0 Å². The number of esters is 1. The third kappa shape index (κ3) is 2.83. The Hall–Kier alpha value is -1.40. The molecule has 1 unspecified atom stereocenters. The average Bonchev–Trinajstić information content (AvgIpc) is 2.27. The first-order valence-corrected chi connectivity index (χ1v) is 6.70. The van der Waals surface area contributed by atoms with E-state index >= 15 is 0 Å². The van der Waals surface area contributed by atoms with Gasteiger partial charge in [0.15, 0.2) is 15.4 Å². The van der Waals surface area contributed by atoms with Crippen LogP contribution >= 0.6 is 0 Å². The molecule has 0 bridgehead atoms. The summed E-state index contributed by atoms with van der Waals surface area (Å²) in [4.78, 5) is 11.5. The number of carbonyl (C=O) groups excluding carboxylic acids is 1. The fourth-order valence-corrected chi connectivity index (χ4v) is 1.97. The zero-order valence-corrected chi connectivity index (χ0v) is 10.6. The van der Waals surface area contributed by atoms with Gasteiger partial charge in [-0.25, -0.2) is 13.2 Å². The number of hydrogen-bond acceptors (Lipinski definition) is 5. The van der Waals surface area contributed by atoms with Gasteiger partial charge >= 0.3 is 5.97 Å². The zero-order valence-electron chi connectivity index (χ0n) is 9.80. The molecule has 1 rings (SSSR count). The molecule has 0 heterocycles. The summed E-state index contributed by atoms with van der Waals surface area (Å²) in [5.41, 5.74) is -1.51. The lowest BCUT2D eigenvalue weighted by molar-refractivity contribution is -0.161. The van der Waals surface area contributed by atoms with Crippen LogP contribution in [-0.4, -0.2) is 32.9 Å². The average molecular weight is 258 g/mol. The van der Waals surface area contributed by atoms with Crippen LogP contribution in [0.25, 0.3) is 0 Å². The molecular weight excluding hydrogens is 244 g/mol. The second kappa shape index (κ2) is 4.46. The van der Waals surface area contributed by atoms with Crippen LogP contribution in [-0.2, 0) is 25.0 Å². The standard InChI is InChI=1S/C11H14O5S/c1-11(13,10(12)16-2)8-4-6-9(7-5-8)17(3,14)15/h4-7,13H,1-3H3. The van der Waals surface area contributed by atoms with E-state index in [0.717, 1.165) is 6.26 Å². The molecule has 1 aromatic carbocycles. The van der Waals surface area contributed by atoms with Crippen LogP contribution < -0.4 is 0 Å². The van der Waals surface area contributed by atoms with Crippen molar-refractivity contribution in [3.05, 3.63) is 29.8 Å². The van der Waals surface area contributed by atoms with E-state index in [9.17, 15) is 18.3 Å². The maximum atomic E-state index is 11.3. The summed E-state index contributed by atoms with van der Waals surface area (Å²) in [5.74, 6) is -0.801.